The average molecular weight is 505 g/mol. The number of H-pyrrole nitrogens is 2. The molecule has 0 saturated carbocycles. The first-order valence-electron chi connectivity index (χ1n) is 12.1. The van der Waals surface area contributed by atoms with Gasteiger partial charge in [0.25, 0.3) is 0 Å². The summed E-state index contributed by atoms with van der Waals surface area (Å²) >= 11 is 0. The Labute approximate surface area is 218 Å². The zero-order chi connectivity index (χ0) is 26.4. The molecule has 0 atom stereocenters. The van der Waals surface area contributed by atoms with Gasteiger partial charge in [0.15, 0.2) is 11.5 Å². The van der Waals surface area contributed by atoms with E-state index in [4.69, 9.17) is 4.98 Å². The maximum atomic E-state index is 13.5. The SMILES string of the molecule is C=C(Nc1cncc(-c2cc3c(-c4nc5nccc(-c6ccc(F)cc6)c5[nH]4)n[nH]c3cn2)c1)C(C)(C)C. The molecule has 8 nitrogen and oxygen atoms in total. The lowest BCUT2D eigenvalue weighted by Gasteiger charge is -2.23. The van der Waals surface area contributed by atoms with Crippen LogP contribution < -0.4 is 5.32 Å². The van der Waals surface area contributed by atoms with Gasteiger partial charge < -0.3 is 10.3 Å². The Balaban J connectivity index is 1.39. The van der Waals surface area contributed by atoms with Crippen LogP contribution in [0.25, 0.3) is 56.0 Å². The Morgan fingerprint density at radius 2 is 1.79 bits per heavy atom. The van der Waals surface area contributed by atoms with E-state index in [1.165, 1.54) is 12.1 Å². The summed E-state index contributed by atoms with van der Waals surface area (Å²) < 4.78 is 13.5. The Kier molecular flexibility index (Phi) is 5.48. The van der Waals surface area contributed by atoms with E-state index < -0.39 is 0 Å². The number of hydrogen-bond acceptors (Lipinski definition) is 6. The Morgan fingerprint density at radius 3 is 2.58 bits per heavy atom. The number of halogens is 1. The quantitative estimate of drug-likeness (QED) is 0.240. The summed E-state index contributed by atoms with van der Waals surface area (Å²) in [6.45, 7) is 10.5. The van der Waals surface area contributed by atoms with Crippen molar-refractivity contribution in [3.05, 3.63) is 85.3 Å². The summed E-state index contributed by atoms with van der Waals surface area (Å²) in [4.78, 5) is 21.5. The number of aromatic amines is 2. The molecule has 0 fully saturated rings. The normalized spacial score (nSPS) is 11.8. The third-order valence-electron chi connectivity index (χ3n) is 6.45. The second-order valence-corrected chi connectivity index (χ2v) is 10.2. The number of imidazole rings is 1. The van der Waals surface area contributed by atoms with Gasteiger partial charge in [0, 0.05) is 40.0 Å². The van der Waals surface area contributed by atoms with Crippen LogP contribution in [0.3, 0.4) is 0 Å². The molecule has 0 aliphatic heterocycles. The number of pyridine rings is 3. The first kappa shape index (κ1) is 23.5. The Bertz CT molecular complexity index is 1810. The van der Waals surface area contributed by atoms with Gasteiger partial charge in [-0.1, -0.05) is 39.5 Å². The van der Waals surface area contributed by atoms with Gasteiger partial charge in [-0.3, -0.25) is 15.1 Å². The standard InChI is InChI=1S/C29H25FN8/c1-16(29(2,3)4)34-20-11-18(13-31-14-20)23-12-22-24(15-33-23)37-38-26(22)28-35-25-21(9-10-32-27(25)36-28)17-5-7-19(30)8-6-17/h5-15,34H,1H2,2-4H3,(H,37,38)(H,32,35,36). The highest BCUT2D eigenvalue weighted by molar-refractivity contribution is 5.96. The fourth-order valence-electron chi connectivity index (χ4n) is 4.16. The summed E-state index contributed by atoms with van der Waals surface area (Å²) in [5.41, 5.74) is 7.73. The molecule has 9 heteroatoms. The lowest BCUT2D eigenvalue weighted by Crippen LogP contribution is -2.15. The highest BCUT2D eigenvalue weighted by Crippen LogP contribution is 2.32. The summed E-state index contributed by atoms with van der Waals surface area (Å²) in [5, 5.41) is 11.8. The summed E-state index contributed by atoms with van der Waals surface area (Å²) in [6.07, 6.45) is 6.99. The second-order valence-electron chi connectivity index (χ2n) is 10.2. The molecule has 6 aromatic rings. The number of aromatic nitrogens is 7. The van der Waals surface area contributed by atoms with Crippen LogP contribution in [0.4, 0.5) is 10.1 Å². The van der Waals surface area contributed by atoms with Gasteiger partial charge in [0.05, 0.1) is 34.8 Å². The van der Waals surface area contributed by atoms with Crippen LogP contribution in [0.5, 0.6) is 0 Å². The molecule has 0 spiro atoms. The van der Waals surface area contributed by atoms with Crippen molar-refractivity contribution in [3.8, 4) is 33.9 Å². The molecule has 0 radical (unpaired) electrons. The molecule has 188 valence electrons. The summed E-state index contributed by atoms with van der Waals surface area (Å²) in [7, 11) is 0. The van der Waals surface area contributed by atoms with E-state index in [2.05, 4.69) is 62.8 Å². The number of hydrogen-bond donors (Lipinski definition) is 3. The molecule has 0 saturated heterocycles. The van der Waals surface area contributed by atoms with Crippen LogP contribution in [0.2, 0.25) is 0 Å². The van der Waals surface area contributed by atoms with Crippen LogP contribution in [0.15, 0.2) is 79.5 Å². The van der Waals surface area contributed by atoms with Gasteiger partial charge >= 0.3 is 0 Å². The predicted molar refractivity (Wildman–Crippen MR) is 148 cm³/mol. The second kappa shape index (κ2) is 8.88. The smallest absolute Gasteiger partial charge is 0.178 e. The molecule has 0 bridgehead atoms. The molecule has 3 N–H and O–H groups in total. The van der Waals surface area contributed by atoms with Crippen molar-refractivity contribution < 1.29 is 4.39 Å². The molecule has 0 aliphatic rings. The fraction of sp³-hybridized carbons (Fsp3) is 0.138. The number of benzene rings is 1. The van der Waals surface area contributed by atoms with Crippen LogP contribution in [0, 0.1) is 11.2 Å². The first-order valence-corrected chi connectivity index (χ1v) is 12.1. The lowest BCUT2D eigenvalue weighted by molar-refractivity contribution is 0.509. The van der Waals surface area contributed by atoms with Crippen LogP contribution in [-0.2, 0) is 0 Å². The maximum Gasteiger partial charge on any atom is 0.178 e. The minimum atomic E-state index is -0.285. The molecule has 0 unspecified atom stereocenters. The fourth-order valence-corrected chi connectivity index (χ4v) is 4.16. The van der Waals surface area contributed by atoms with Crippen LogP contribution in [0.1, 0.15) is 20.8 Å². The predicted octanol–water partition coefficient (Wildman–Crippen LogP) is 6.74. The van der Waals surface area contributed by atoms with E-state index in [0.29, 0.717) is 17.2 Å². The zero-order valence-electron chi connectivity index (χ0n) is 21.2. The van der Waals surface area contributed by atoms with Gasteiger partial charge in [-0.05, 0) is 35.9 Å². The van der Waals surface area contributed by atoms with Crippen molar-refractivity contribution in [2.75, 3.05) is 5.32 Å². The molecule has 1 aromatic carbocycles. The van der Waals surface area contributed by atoms with Gasteiger partial charge in [-0.25, -0.2) is 14.4 Å². The van der Waals surface area contributed by atoms with Crippen molar-refractivity contribution in [2.24, 2.45) is 5.41 Å². The molecular formula is C29H25FN8. The van der Waals surface area contributed by atoms with Crippen molar-refractivity contribution in [1.29, 1.82) is 0 Å². The number of nitrogens with one attached hydrogen (secondary N) is 3. The molecule has 0 aliphatic carbocycles. The molecule has 5 heterocycles. The van der Waals surface area contributed by atoms with Crippen molar-refractivity contribution in [3.63, 3.8) is 0 Å². The van der Waals surface area contributed by atoms with E-state index in [1.54, 1.807) is 36.9 Å². The minimum absolute atomic E-state index is 0.0864. The topological polar surface area (TPSA) is 108 Å². The monoisotopic (exact) mass is 504 g/mol. The number of anilines is 1. The average Bonchev–Trinajstić information content (AvgIpc) is 3.52. The molecule has 38 heavy (non-hydrogen) atoms. The molecule has 5 aromatic heterocycles. The minimum Gasteiger partial charge on any atom is -0.358 e. The maximum absolute atomic E-state index is 13.5. The third-order valence-corrected chi connectivity index (χ3v) is 6.45. The largest absolute Gasteiger partial charge is 0.358 e. The molecular weight excluding hydrogens is 479 g/mol. The Hall–Kier alpha value is -4.92. The van der Waals surface area contributed by atoms with E-state index in [9.17, 15) is 4.39 Å². The number of allylic oxidation sites excluding steroid dienone is 1. The van der Waals surface area contributed by atoms with Crippen LogP contribution >= 0.6 is 0 Å². The van der Waals surface area contributed by atoms with Crippen molar-refractivity contribution >= 4 is 27.8 Å². The summed E-state index contributed by atoms with van der Waals surface area (Å²) in [5.74, 6) is 0.285. The number of fused-ring (bicyclic) bond motifs is 2. The van der Waals surface area contributed by atoms with E-state index in [0.717, 1.165) is 50.2 Å². The third kappa shape index (κ3) is 4.28. The highest BCUT2D eigenvalue weighted by Gasteiger charge is 2.18. The number of rotatable bonds is 5. The van der Waals surface area contributed by atoms with E-state index in [1.807, 2.05) is 18.2 Å². The first-order chi connectivity index (χ1) is 18.3. The highest BCUT2D eigenvalue weighted by atomic mass is 19.1. The van der Waals surface area contributed by atoms with Crippen molar-refractivity contribution in [1.82, 2.24) is 35.1 Å². The van der Waals surface area contributed by atoms with E-state index in [-0.39, 0.29) is 11.2 Å². The van der Waals surface area contributed by atoms with Gasteiger partial charge in [0.2, 0.25) is 0 Å². The van der Waals surface area contributed by atoms with E-state index >= 15 is 0 Å². The van der Waals surface area contributed by atoms with Gasteiger partial charge in [-0.2, -0.15) is 5.10 Å². The zero-order valence-corrected chi connectivity index (χ0v) is 21.2. The molecule has 0 amide bonds. The number of nitrogens with zero attached hydrogens (tertiary/aromatic N) is 5. The summed E-state index contributed by atoms with van der Waals surface area (Å²) in [6, 6.07) is 12.2. The van der Waals surface area contributed by atoms with Crippen molar-refractivity contribution in [2.45, 2.75) is 20.8 Å². The molecule has 6 rings (SSSR count). The van der Waals surface area contributed by atoms with Gasteiger partial charge in [0.1, 0.15) is 11.5 Å². The van der Waals surface area contributed by atoms with Gasteiger partial charge in [-0.15, -0.1) is 0 Å². The Morgan fingerprint density at radius 1 is 0.974 bits per heavy atom. The van der Waals surface area contributed by atoms with Crippen LogP contribution in [-0.4, -0.2) is 35.1 Å². The lowest BCUT2D eigenvalue weighted by atomic mass is 9.93.